The first-order chi connectivity index (χ1) is 11.8. The van der Waals surface area contributed by atoms with Crippen LogP contribution in [0.3, 0.4) is 0 Å². The van der Waals surface area contributed by atoms with Gasteiger partial charge in [-0.2, -0.15) is 4.98 Å². The highest BCUT2D eigenvalue weighted by Crippen LogP contribution is 2.44. The molecule has 0 saturated carbocycles. The molecule has 4 rings (SSSR count). The summed E-state index contributed by atoms with van der Waals surface area (Å²) in [7, 11) is 0. The molecule has 0 amide bonds. The zero-order valence-corrected chi connectivity index (χ0v) is 15.0. The number of nitrogens with zero attached hydrogens (tertiary/aromatic N) is 2. The lowest BCUT2D eigenvalue weighted by Crippen LogP contribution is -2.24. The molecule has 0 spiro atoms. The SMILES string of the molecule is Cc1ccc(-c2ccc3nc(N)nc(N)c3c2C)c2c1OC(C)(C)C2. The molecule has 0 saturated heterocycles. The van der Waals surface area contributed by atoms with Crippen molar-refractivity contribution in [2.45, 2.75) is 39.7 Å². The van der Waals surface area contributed by atoms with E-state index in [1.165, 1.54) is 16.7 Å². The summed E-state index contributed by atoms with van der Waals surface area (Å²) in [5.74, 6) is 1.62. The maximum Gasteiger partial charge on any atom is 0.222 e. The highest BCUT2D eigenvalue weighted by atomic mass is 16.5. The summed E-state index contributed by atoms with van der Waals surface area (Å²) in [6.07, 6.45) is 0.880. The van der Waals surface area contributed by atoms with E-state index in [-0.39, 0.29) is 11.5 Å². The molecule has 3 aromatic rings. The topological polar surface area (TPSA) is 87.0 Å². The van der Waals surface area contributed by atoms with Gasteiger partial charge in [0.25, 0.3) is 0 Å². The fraction of sp³-hybridized carbons (Fsp3) is 0.300. The Morgan fingerprint density at radius 1 is 1.00 bits per heavy atom. The van der Waals surface area contributed by atoms with Gasteiger partial charge >= 0.3 is 0 Å². The second-order valence-electron chi connectivity index (χ2n) is 7.38. The van der Waals surface area contributed by atoms with E-state index in [1.54, 1.807) is 0 Å². The van der Waals surface area contributed by atoms with Crippen molar-refractivity contribution in [1.82, 2.24) is 9.97 Å². The molecule has 0 atom stereocenters. The van der Waals surface area contributed by atoms with Crippen molar-refractivity contribution < 1.29 is 4.74 Å². The number of aromatic nitrogens is 2. The van der Waals surface area contributed by atoms with Crippen LogP contribution in [0, 0.1) is 13.8 Å². The lowest BCUT2D eigenvalue weighted by molar-refractivity contribution is 0.137. The van der Waals surface area contributed by atoms with Crippen LogP contribution in [-0.4, -0.2) is 15.6 Å². The third-order valence-electron chi connectivity index (χ3n) is 4.90. The van der Waals surface area contributed by atoms with E-state index in [9.17, 15) is 0 Å². The highest BCUT2D eigenvalue weighted by Gasteiger charge is 2.33. The van der Waals surface area contributed by atoms with Gasteiger partial charge in [-0.05, 0) is 56.0 Å². The van der Waals surface area contributed by atoms with Gasteiger partial charge in [0.05, 0.1) is 5.52 Å². The van der Waals surface area contributed by atoms with Crippen LogP contribution >= 0.6 is 0 Å². The first kappa shape index (κ1) is 15.7. The van der Waals surface area contributed by atoms with Crippen LogP contribution in [-0.2, 0) is 6.42 Å². The van der Waals surface area contributed by atoms with E-state index in [0.29, 0.717) is 5.82 Å². The van der Waals surface area contributed by atoms with E-state index in [0.717, 1.165) is 34.2 Å². The molecule has 0 bridgehead atoms. The average Bonchev–Trinajstić information content (AvgIpc) is 2.84. The number of ether oxygens (including phenoxy) is 1. The Balaban J connectivity index is 1.99. The molecule has 5 nitrogen and oxygen atoms in total. The number of fused-ring (bicyclic) bond motifs is 2. The Bertz CT molecular complexity index is 1020. The third kappa shape index (κ3) is 2.38. The van der Waals surface area contributed by atoms with Crippen LogP contribution in [0.4, 0.5) is 11.8 Å². The van der Waals surface area contributed by atoms with Crippen molar-refractivity contribution in [3.63, 3.8) is 0 Å². The second kappa shape index (κ2) is 5.09. The number of nitrogen functional groups attached to an aromatic ring is 2. The quantitative estimate of drug-likeness (QED) is 0.707. The molecular formula is C20H22N4O. The van der Waals surface area contributed by atoms with E-state index >= 15 is 0 Å². The third-order valence-corrected chi connectivity index (χ3v) is 4.90. The molecule has 1 aliphatic heterocycles. The van der Waals surface area contributed by atoms with E-state index in [2.05, 4.69) is 55.9 Å². The molecule has 0 fully saturated rings. The number of hydrogen-bond donors (Lipinski definition) is 2. The number of nitrogens with two attached hydrogens (primary N) is 2. The van der Waals surface area contributed by atoms with Gasteiger partial charge in [0.2, 0.25) is 5.95 Å². The average molecular weight is 334 g/mol. The van der Waals surface area contributed by atoms with Crippen molar-refractivity contribution >= 4 is 22.7 Å². The molecule has 0 unspecified atom stereocenters. The molecule has 2 aromatic carbocycles. The first-order valence-corrected chi connectivity index (χ1v) is 8.41. The Morgan fingerprint density at radius 3 is 2.48 bits per heavy atom. The minimum atomic E-state index is -0.190. The summed E-state index contributed by atoms with van der Waals surface area (Å²) in [5, 5.41) is 0.860. The van der Waals surface area contributed by atoms with Gasteiger partial charge < -0.3 is 16.2 Å². The molecule has 0 aliphatic carbocycles. The van der Waals surface area contributed by atoms with Crippen molar-refractivity contribution in [2.75, 3.05) is 11.5 Å². The number of rotatable bonds is 1. The van der Waals surface area contributed by atoms with Gasteiger partial charge in [-0.25, -0.2) is 4.98 Å². The minimum absolute atomic E-state index is 0.190. The molecular weight excluding hydrogens is 312 g/mol. The van der Waals surface area contributed by atoms with Crippen LogP contribution in [0.1, 0.15) is 30.5 Å². The molecule has 128 valence electrons. The largest absolute Gasteiger partial charge is 0.487 e. The molecule has 1 aliphatic rings. The van der Waals surface area contributed by atoms with Crippen molar-refractivity contribution in [3.8, 4) is 16.9 Å². The molecule has 5 heteroatoms. The summed E-state index contributed by atoms with van der Waals surface area (Å²) in [4.78, 5) is 8.43. The van der Waals surface area contributed by atoms with E-state index < -0.39 is 0 Å². The van der Waals surface area contributed by atoms with Gasteiger partial charge in [0, 0.05) is 17.4 Å². The standard InChI is InChI=1S/C20H22N4O/c1-10-5-6-13(14-9-20(3,4)25-17(10)14)12-7-8-15-16(11(12)2)18(21)24-19(22)23-15/h5-8H,9H2,1-4H3,(H4,21,22,23,24). The predicted molar refractivity (Wildman–Crippen MR) is 102 cm³/mol. The van der Waals surface area contributed by atoms with Gasteiger partial charge in [-0.15, -0.1) is 0 Å². The first-order valence-electron chi connectivity index (χ1n) is 8.41. The van der Waals surface area contributed by atoms with Gasteiger partial charge in [-0.3, -0.25) is 0 Å². The summed E-state index contributed by atoms with van der Waals surface area (Å²) >= 11 is 0. The van der Waals surface area contributed by atoms with Crippen LogP contribution in [0.25, 0.3) is 22.0 Å². The van der Waals surface area contributed by atoms with Gasteiger partial charge in [-0.1, -0.05) is 18.2 Å². The second-order valence-corrected chi connectivity index (χ2v) is 7.38. The normalized spacial score (nSPS) is 15.2. The minimum Gasteiger partial charge on any atom is -0.487 e. The number of aryl methyl sites for hydroxylation is 2. The Kier molecular flexibility index (Phi) is 3.19. The maximum absolute atomic E-state index is 6.19. The summed E-state index contributed by atoms with van der Waals surface area (Å²) in [6, 6.07) is 8.32. The van der Waals surface area contributed by atoms with Crippen LogP contribution in [0.5, 0.6) is 5.75 Å². The van der Waals surface area contributed by atoms with E-state index in [1.807, 2.05) is 6.07 Å². The lowest BCUT2D eigenvalue weighted by Gasteiger charge is -2.17. The molecule has 25 heavy (non-hydrogen) atoms. The molecule has 1 aromatic heterocycles. The summed E-state index contributed by atoms with van der Waals surface area (Å²) in [5.41, 5.74) is 18.2. The van der Waals surface area contributed by atoms with Crippen LogP contribution < -0.4 is 16.2 Å². The number of hydrogen-bond acceptors (Lipinski definition) is 5. The summed E-state index contributed by atoms with van der Waals surface area (Å²) < 4.78 is 6.19. The zero-order valence-electron chi connectivity index (χ0n) is 15.0. The molecule has 2 heterocycles. The van der Waals surface area contributed by atoms with Crippen molar-refractivity contribution in [2.24, 2.45) is 0 Å². The predicted octanol–water partition coefficient (Wildman–Crippen LogP) is 3.79. The number of anilines is 2. The smallest absolute Gasteiger partial charge is 0.222 e. The zero-order chi connectivity index (χ0) is 17.9. The van der Waals surface area contributed by atoms with Crippen LogP contribution in [0.2, 0.25) is 0 Å². The van der Waals surface area contributed by atoms with Gasteiger partial charge in [0.15, 0.2) is 0 Å². The number of benzene rings is 2. The fourth-order valence-electron chi connectivity index (χ4n) is 3.79. The van der Waals surface area contributed by atoms with Crippen molar-refractivity contribution in [3.05, 3.63) is 41.0 Å². The summed E-state index contributed by atoms with van der Waals surface area (Å²) in [6.45, 7) is 8.39. The highest BCUT2D eigenvalue weighted by molar-refractivity contribution is 5.97. The van der Waals surface area contributed by atoms with E-state index in [4.69, 9.17) is 16.2 Å². The Morgan fingerprint density at radius 2 is 1.72 bits per heavy atom. The van der Waals surface area contributed by atoms with Crippen LogP contribution in [0.15, 0.2) is 24.3 Å². The van der Waals surface area contributed by atoms with Crippen molar-refractivity contribution in [1.29, 1.82) is 0 Å². The lowest BCUT2D eigenvalue weighted by atomic mass is 9.89. The molecule has 4 N–H and O–H groups in total. The molecule has 0 radical (unpaired) electrons. The monoisotopic (exact) mass is 334 g/mol. The van der Waals surface area contributed by atoms with Gasteiger partial charge in [0.1, 0.15) is 17.2 Å². The maximum atomic E-state index is 6.19. The Hall–Kier alpha value is -2.82. The fourth-order valence-corrected chi connectivity index (χ4v) is 3.79. The Labute approximate surface area is 147 Å².